The van der Waals surface area contributed by atoms with Crippen LogP contribution in [0, 0.1) is 5.82 Å². The second-order valence-electron chi connectivity index (χ2n) is 7.66. The van der Waals surface area contributed by atoms with E-state index in [0.717, 1.165) is 23.9 Å². The molecule has 0 saturated heterocycles. The fraction of sp³-hybridized carbons (Fsp3) is 0.240. The molecule has 0 radical (unpaired) electrons. The number of aliphatic hydroxyl groups is 1. The standard InChI is InChI=1S/C25H25FN2O3/c1-28(14-13-18-5-3-2-4-6-18)16-21(29)17-30-22-10-7-19(8-11-22)25-23-12-9-20(26)15-24(23)31-27-25/h2-12,15,21,29H,13-14,16-17H2,1H3. The zero-order chi connectivity index (χ0) is 21.6. The number of hydrogen-bond donors (Lipinski definition) is 1. The molecule has 0 aliphatic carbocycles. The second kappa shape index (κ2) is 9.73. The molecular weight excluding hydrogens is 395 g/mol. The van der Waals surface area contributed by atoms with Gasteiger partial charge >= 0.3 is 0 Å². The fourth-order valence-corrected chi connectivity index (χ4v) is 3.49. The molecule has 0 aliphatic heterocycles. The van der Waals surface area contributed by atoms with Crippen LogP contribution in [0.2, 0.25) is 0 Å². The van der Waals surface area contributed by atoms with Gasteiger partial charge in [-0.3, -0.25) is 0 Å². The highest BCUT2D eigenvalue weighted by Crippen LogP contribution is 2.29. The summed E-state index contributed by atoms with van der Waals surface area (Å²) in [6.45, 7) is 1.61. The summed E-state index contributed by atoms with van der Waals surface area (Å²) in [6, 6.07) is 22.1. The molecule has 31 heavy (non-hydrogen) atoms. The number of nitrogens with zero attached hydrogens (tertiary/aromatic N) is 2. The second-order valence-corrected chi connectivity index (χ2v) is 7.66. The van der Waals surface area contributed by atoms with Crippen LogP contribution in [-0.4, -0.2) is 48.0 Å². The number of likely N-dealkylation sites (N-methyl/N-ethyl adjacent to an activating group) is 1. The third kappa shape index (κ3) is 5.48. The first-order valence-electron chi connectivity index (χ1n) is 10.3. The van der Waals surface area contributed by atoms with Gasteiger partial charge in [-0.15, -0.1) is 0 Å². The normalized spacial score (nSPS) is 12.4. The molecule has 1 unspecified atom stereocenters. The number of benzene rings is 3. The van der Waals surface area contributed by atoms with Gasteiger partial charge in [-0.2, -0.15) is 0 Å². The van der Waals surface area contributed by atoms with Crippen LogP contribution in [0.1, 0.15) is 5.56 Å². The number of aromatic nitrogens is 1. The van der Waals surface area contributed by atoms with E-state index >= 15 is 0 Å². The largest absolute Gasteiger partial charge is 0.491 e. The van der Waals surface area contributed by atoms with Crippen molar-refractivity contribution in [1.29, 1.82) is 0 Å². The van der Waals surface area contributed by atoms with E-state index in [2.05, 4.69) is 22.2 Å². The highest BCUT2D eigenvalue weighted by molar-refractivity contribution is 5.91. The lowest BCUT2D eigenvalue weighted by molar-refractivity contribution is 0.0767. The topological polar surface area (TPSA) is 58.7 Å². The Morgan fingerprint density at radius 3 is 2.61 bits per heavy atom. The molecule has 160 valence electrons. The molecule has 0 spiro atoms. The van der Waals surface area contributed by atoms with Gasteiger partial charge in [0.05, 0.1) is 0 Å². The number of aliphatic hydroxyl groups excluding tert-OH is 1. The Morgan fingerprint density at radius 1 is 1.06 bits per heavy atom. The van der Waals surface area contributed by atoms with Crippen molar-refractivity contribution in [2.75, 3.05) is 26.7 Å². The quantitative estimate of drug-likeness (QED) is 0.431. The van der Waals surface area contributed by atoms with E-state index in [1.165, 1.54) is 17.7 Å². The van der Waals surface area contributed by atoms with Gasteiger partial charge in [0.15, 0.2) is 5.58 Å². The molecule has 0 amide bonds. The average Bonchev–Trinajstić information content (AvgIpc) is 3.20. The van der Waals surface area contributed by atoms with Crippen molar-refractivity contribution in [3.63, 3.8) is 0 Å². The summed E-state index contributed by atoms with van der Waals surface area (Å²) in [5, 5.41) is 15.1. The number of hydrogen-bond acceptors (Lipinski definition) is 5. The van der Waals surface area contributed by atoms with Crippen molar-refractivity contribution in [1.82, 2.24) is 10.1 Å². The highest BCUT2D eigenvalue weighted by Gasteiger charge is 2.12. The van der Waals surface area contributed by atoms with Crippen LogP contribution in [0.15, 0.2) is 77.3 Å². The van der Waals surface area contributed by atoms with E-state index in [0.29, 0.717) is 23.6 Å². The van der Waals surface area contributed by atoms with Crippen LogP contribution in [0.3, 0.4) is 0 Å². The molecule has 1 aromatic heterocycles. The van der Waals surface area contributed by atoms with Crippen LogP contribution in [0.4, 0.5) is 4.39 Å². The summed E-state index contributed by atoms with van der Waals surface area (Å²) in [7, 11) is 2.00. The molecule has 6 heteroatoms. The zero-order valence-electron chi connectivity index (χ0n) is 17.4. The Morgan fingerprint density at radius 2 is 1.84 bits per heavy atom. The molecular formula is C25H25FN2O3. The zero-order valence-corrected chi connectivity index (χ0v) is 17.4. The first kappa shape index (κ1) is 21.0. The first-order chi connectivity index (χ1) is 15.1. The summed E-state index contributed by atoms with van der Waals surface area (Å²) in [4.78, 5) is 2.10. The minimum Gasteiger partial charge on any atom is -0.491 e. The van der Waals surface area contributed by atoms with Crippen LogP contribution in [-0.2, 0) is 6.42 Å². The van der Waals surface area contributed by atoms with Crippen molar-refractivity contribution < 1.29 is 18.8 Å². The molecule has 1 N–H and O–H groups in total. The maximum atomic E-state index is 13.3. The Labute approximate surface area is 180 Å². The third-order valence-electron chi connectivity index (χ3n) is 5.15. The average molecular weight is 420 g/mol. The maximum absolute atomic E-state index is 13.3. The van der Waals surface area contributed by atoms with Crippen molar-refractivity contribution in [3.8, 4) is 17.0 Å². The smallest absolute Gasteiger partial charge is 0.170 e. The van der Waals surface area contributed by atoms with Crippen molar-refractivity contribution in [2.24, 2.45) is 0 Å². The molecule has 5 nitrogen and oxygen atoms in total. The fourth-order valence-electron chi connectivity index (χ4n) is 3.49. The maximum Gasteiger partial charge on any atom is 0.170 e. The van der Waals surface area contributed by atoms with E-state index in [9.17, 15) is 9.50 Å². The van der Waals surface area contributed by atoms with Crippen LogP contribution in [0.25, 0.3) is 22.2 Å². The SMILES string of the molecule is CN(CCc1ccccc1)CC(O)COc1ccc(-c2noc3cc(F)ccc23)cc1. The molecule has 4 rings (SSSR count). The monoisotopic (exact) mass is 420 g/mol. The Hall–Kier alpha value is -3.22. The van der Waals surface area contributed by atoms with Crippen LogP contribution >= 0.6 is 0 Å². The predicted octanol–water partition coefficient (Wildman–Crippen LogP) is 4.55. The van der Waals surface area contributed by atoms with E-state index < -0.39 is 6.10 Å². The van der Waals surface area contributed by atoms with Gasteiger partial charge in [0.25, 0.3) is 0 Å². The lowest BCUT2D eigenvalue weighted by Gasteiger charge is -2.20. The number of halogens is 1. The molecule has 1 heterocycles. The van der Waals surface area contributed by atoms with Crippen LogP contribution in [0.5, 0.6) is 5.75 Å². The Balaban J connectivity index is 1.28. The van der Waals surface area contributed by atoms with E-state index in [1.54, 1.807) is 6.07 Å². The molecule has 1 atom stereocenters. The van der Waals surface area contributed by atoms with Gasteiger partial charge in [0.1, 0.15) is 30.0 Å². The first-order valence-corrected chi connectivity index (χ1v) is 10.3. The number of fused-ring (bicyclic) bond motifs is 1. The van der Waals surface area contributed by atoms with Gasteiger partial charge in [-0.1, -0.05) is 35.5 Å². The summed E-state index contributed by atoms with van der Waals surface area (Å²) in [5.74, 6) is 0.303. The molecule has 0 bridgehead atoms. The molecule has 0 fully saturated rings. The van der Waals surface area contributed by atoms with Gasteiger partial charge in [-0.25, -0.2) is 4.39 Å². The van der Waals surface area contributed by atoms with Gasteiger partial charge in [0.2, 0.25) is 0 Å². The Kier molecular flexibility index (Phi) is 6.60. The minimum absolute atomic E-state index is 0.210. The summed E-state index contributed by atoms with van der Waals surface area (Å²) >= 11 is 0. The van der Waals surface area contributed by atoms with E-state index in [-0.39, 0.29) is 12.4 Å². The molecule has 0 aliphatic rings. The lowest BCUT2D eigenvalue weighted by atomic mass is 10.1. The van der Waals surface area contributed by atoms with Crippen molar-refractivity contribution >= 4 is 11.0 Å². The number of rotatable bonds is 9. The van der Waals surface area contributed by atoms with E-state index in [1.807, 2.05) is 49.5 Å². The molecule has 0 saturated carbocycles. The number of ether oxygens (including phenoxy) is 1. The van der Waals surface area contributed by atoms with E-state index in [4.69, 9.17) is 9.26 Å². The molecule has 3 aromatic carbocycles. The Bertz CT molecular complexity index is 1110. The summed E-state index contributed by atoms with van der Waals surface area (Å²) < 4.78 is 24.3. The summed E-state index contributed by atoms with van der Waals surface area (Å²) in [6.07, 6.45) is 0.352. The van der Waals surface area contributed by atoms with Crippen molar-refractivity contribution in [3.05, 3.63) is 84.2 Å². The van der Waals surface area contributed by atoms with Gasteiger partial charge < -0.3 is 19.3 Å². The molecule has 4 aromatic rings. The third-order valence-corrected chi connectivity index (χ3v) is 5.15. The minimum atomic E-state index is -0.588. The van der Waals surface area contributed by atoms with Gasteiger partial charge in [-0.05, 0) is 55.4 Å². The predicted molar refractivity (Wildman–Crippen MR) is 119 cm³/mol. The van der Waals surface area contributed by atoms with Gasteiger partial charge in [0, 0.05) is 30.1 Å². The van der Waals surface area contributed by atoms with Crippen molar-refractivity contribution in [2.45, 2.75) is 12.5 Å². The highest BCUT2D eigenvalue weighted by atomic mass is 19.1. The summed E-state index contributed by atoms with van der Waals surface area (Å²) in [5.41, 5.74) is 3.19. The van der Waals surface area contributed by atoms with Crippen LogP contribution < -0.4 is 4.74 Å². The lowest BCUT2D eigenvalue weighted by Crippen LogP contribution is -2.34.